The Bertz CT molecular complexity index is 1840. The number of aryl methyl sites for hydroxylation is 3. The van der Waals surface area contributed by atoms with Crippen molar-refractivity contribution in [2.45, 2.75) is 85.6 Å². The summed E-state index contributed by atoms with van der Waals surface area (Å²) in [4.78, 5) is 9.45. The quantitative estimate of drug-likeness (QED) is 0.103. The molecule has 0 aliphatic rings. The first-order valence-corrected chi connectivity index (χ1v) is 24.2. The molecule has 0 bridgehead atoms. The average molecular weight is 754 g/mol. The summed E-state index contributed by atoms with van der Waals surface area (Å²) in [7, 11) is -2.15. The topological polar surface area (TPSA) is 141 Å². The van der Waals surface area contributed by atoms with Crippen molar-refractivity contribution in [3.05, 3.63) is 58.3 Å². The van der Waals surface area contributed by atoms with Crippen LogP contribution in [-0.4, -0.2) is 88.9 Å². The monoisotopic (exact) mass is 752 g/mol. The molecule has 0 aliphatic heterocycles. The Morgan fingerprint density at radius 2 is 1.10 bits per heavy atom. The van der Waals surface area contributed by atoms with E-state index in [0.29, 0.717) is 36.7 Å². The van der Waals surface area contributed by atoms with E-state index in [0.717, 1.165) is 51.8 Å². The van der Waals surface area contributed by atoms with Gasteiger partial charge in [0, 0.05) is 57.0 Å². The first-order chi connectivity index (χ1) is 22.7. The SMILES string of the molecule is Cc1cn(COCC[Si](C)(C)C)c2nc(-n3nnnc3C)ccc12.Cc1nnnn1-c1ccc2c(Br)cn(COCC[Si](C)(C)C)c2n1. The van der Waals surface area contributed by atoms with Crippen molar-refractivity contribution in [2.24, 2.45) is 0 Å². The standard InChI is InChI=1S/C16H24N6OSi.C15H21BrN6OSi/c1-12-10-21(11-23-8-9-24(3,4)5)16-14(12)6-7-15(17-16)22-13(2)18-19-20-22;1-11-18-19-20-22(11)14-6-5-12-13(16)9-21(15(12)17-14)10-23-7-8-24(2,3)4/h6-7,10H,8-9,11H2,1-5H3;5-6,9H,7-8,10H2,1-4H3. The fraction of sp³-hybridized carbons (Fsp3) is 0.484. The summed E-state index contributed by atoms with van der Waals surface area (Å²) >= 11 is 3.59. The molecule has 6 heterocycles. The lowest BCUT2D eigenvalue weighted by atomic mass is 10.2. The highest BCUT2D eigenvalue weighted by molar-refractivity contribution is 9.10. The van der Waals surface area contributed by atoms with Gasteiger partial charge in [0.1, 0.15) is 24.8 Å². The third kappa shape index (κ3) is 8.87. The summed E-state index contributed by atoms with van der Waals surface area (Å²) in [5.41, 5.74) is 2.93. The first-order valence-electron chi connectivity index (χ1n) is 16.0. The number of halogens is 1. The minimum absolute atomic E-state index is 0.484. The van der Waals surface area contributed by atoms with Crippen molar-refractivity contribution in [1.29, 1.82) is 0 Å². The molecule has 0 N–H and O–H groups in total. The van der Waals surface area contributed by atoms with Crippen molar-refractivity contribution >= 4 is 54.1 Å². The largest absolute Gasteiger partial charge is 0.361 e. The summed E-state index contributed by atoms with van der Waals surface area (Å²) < 4.78 is 20.1. The molecule has 48 heavy (non-hydrogen) atoms. The Morgan fingerprint density at radius 3 is 1.56 bits per heavy atom. The Morgan fingerprint density at radius 1 is 0.646 bits per heavy atom. The van der Waals surface area contributed by atoms with E-state index in [4.69, 9.17) is 19.4 Å². The fourth-order valence-corrected chi connectivity index (χ4v) is 6.91. The summed E-state index contributed by atoms with van der Waals surface area (Å²) in [6, 6.07) is 10.2. The number of rotatable bonds is 12. The molecular weight excluding hydrogens is 708 g/mol. The van der Waals surface area contributed by atoms with Gasteiger partial charge in [0.05, 0.1) is 0 Å². The van der Waals surface area contributed by atoms with Crippen molar-refractivity contribution in [3.8, 4) is 11.6 Å². The molecule has 0 unspecified atom stereocenters. The van der Waals surface area contributed by atoms with Gasteiger partial charge in [-0.25, -0.2) is 9.97 Å². The zero-order chi connectivity index (χ0) is 34.6. The van der Waals surface area contributed by atoms with E-state index in [1.54, 1.807) is 9.36 Å². The fourth-order valence-electron chi connectivity index (χ4n) is 4.84. The van der Waals surface area contributed by atoms with Crippen LogP contribution in [0.5, 0.6) is 0 Å². The number of fused-ring (bicyclic) bond motifs is 2. The van der Waals surface area contributed by atoms with Gasteiger partial charge >= 0.3 is 0 Å². The second kappa shape index (κ2) is 14.9. The molecule has 0 fully saturated rings. The van der Waals surface area contributed by atoms with Gasteiger partial charge in [-0.3, -0.25) is 0 Å². The van der Waals surface area contributed by atoms with Crippen LogP contribution in [0.25, 0.3) is 33.7 Å². The van der Waals surface area contributed by atoms with Crippen LogP contribution in [0.15, 0.2) is 41.1 Å². The molecular formula is C31H45BrN12O2Si2. The molecule has 14 nitrogen and oxygen atoms in total. The van der Waals surface area contributed by atoms with Crippen molar-refractivity contribution in [1.82, 2.24) is 59.5 Å². The molecule has 0 saturated heterocycles. The molecule has 0 amide bonds. The maximum absolute atomic E-state index is 5.88. The van der Waals surface area contributed by atoms with Crippen LogP contribution in [0.1, 0.15) is 17.2 Å². The highest BCUT2D eigenvalue weighted by Gasteiger charge is 2.16. The van der Waals surface area contributed by atoms with Gasteiger partial charge < -0.3 is 18.6 Å². The van der Waals surface area contributed by atoms with Crippen molar-refractivity contribution in [3.63, 3.8) is 0 Å². The normalized spacial score (nSPS) is 12.2. The van der Waals surface area contributed by atoms with Gasteiger partial charge in [0.15, 0.2) is 23.3 Å². The lowest BCUT2D eigenvalue weighted by Crippen LogP contribution is -2.22. The molecule has 256 valence electrons. The molecule has 6 rings (SSSR count). The van der Waals surface area contributed by atoms with E-state index in [9.17, 15) is 0 Å². The Kier molecular flexibility index (Phi) is 11.0. The number of hydrogen-bond acceptors (Lipinski definition) is 10. The number of nitrogens with zero attached hydrogens (tertiary/aromatic N) is 12. The average Bonchev–Trinajstić information content (AvgIpc) is 3.79. The van der Waals surface area contributed by atoms with Crippen LogP contribution in [0.4, 0.5) is 0 Å². The summed E-state index contributed by atoms with van der Waals surface area (Å²) in [6.45, 7) is 22.5. The highest BCUT2D eigenvalue weighted by atomic mass is 79.9. The minimum Gasteiger partial charge on any atom is -0.361 e. The number of hydrogen-bond donors (Lipinski definition) is 0. The van der Waals surface area contributed by atoms with E-state index < -0.39 is 16.1 Å². The molecule has 17 heteroatoms. The van der Waals surface area contributed by atoms with E-state index in [2.05, 4.69) is 110 Å². The van der Waals surface area contributed by atoms with Crippen LogP contribution in [0.2, 0.25) is 51.4 Å². The smallest absolute Gasteiger partial charge is 0.159 e. The van der Waals surface area contributed by atoms with Crippen LogP contribution in [-0.2, 0) is 22.9 Å². The number of aromatic nitrogens is 12. The van der Waals surface area contributed by atoms with Crippen LogP contribution < -0.4 is 0 Å². The summed E-state index contributed by atoms with van der Waals surface area (Å²) in [5, 5.41) is 25.3. The van der Waals surface area contributed by atoms with E-state index in [1.807, 2.05) is 42.8 Å². The zero-order valence-corrected chi connectivity index (χ0v) is 32.9. The zero-order valence-electron chi connectivity index (χ0n) is 29.3. The molecule has 0 radical (unpaired) electrons. The second-order valence-electron chi connectivity index (χ2n) is 14.3. The van der Waals surface area contributed by atoms with Crippen molar-refractivity contribution < 1.29 is 9.47 Å². The first kappa shape index (κ1) is 35.7. The molecule has 0 atom stereocenters. The van der Waals surface area contributed by atoms with E-state index >= 15 is 0 Å². The lowest BCUT2D eigenvalue weighted by molar-refractivity contribution is 0.0897. The molecule has 6 aromatic rings. The Hall–Kier alpha value is -3.65. The third-order valence-electron chi connectivity index (χ3n) is 7.70. The van der Waals surface area contributed by atoms with Gasteiger partial charge in [-0.15, -0.1) is 10.2 Å². The summed E-state index contributed by atoms with van der Waals surface area (Å²) in [5.74, 6) is 2.82. The van der Waals surface area contributed by atoms with E-state index in [1.165, 1.54) is 5.56 Å². The number of pyridine rings is 2. The predicted octanol–water partition coefficient (Wildman–Crippen LogP) is 6.34. The maximum Gasteiger partial charge on any atom is 0.159 e. The molecule has 0 saturated carbocycles. The molecule has 0 aliphatic carbocycles. The van der Waals surface area contributed by atoms with Gasteiger partial charge in [0.25, 0.3) is 0 Å². The highest BCUT2D eigenvalue weighted by Crippen LogP contribution is 2.26. The van der Waals surface area contributed by atoms with Crippen LogP contribution in [0, 0.1) is 20.8 Å². The predicted molar refractivity (Wildman–Crippen MR) is 195 cm³/mol. The molecule has 0 spiro atoms. The van der Waals surface area contributed by atoms with Gasteiger partial charge in [0.2, 0.25) is 0 Å². The van der Waals surface area contributed by atoms with Gasteiger partial charge in [-0.1, -0.05) is 39.3 Å². The lowest BCUT2D eigenvalue weighted by Gasteiger charge is -2.15. The van der Waals surface area contributed by atoms with E-state index in [-0.39, 0.29) is 0 Å². The van der Waals surface area contributed by atoms with Gasteiger partial charge in [-0.05, 0) is 99.5 Å². The second-order valence-corrected chi connectivity index (χ2v) is 26.4. The molecule has 0 aromatic carbocycles. The maximum atomic E-state index is 5.88. The van der Waals surface area contributed by atoms with Crippen molar-refractivity contribution in [2.75, 3.05) is 13.2 Å². The summed E-state index contributed by atoms with van der Waals surface area (Å²) in [6.07, 6.45) is 4.09. The molecule has 6 aromatic heterocycles. The van der Waals surface area contributed by atoms with Crippen LogP contribution in [0.3, 0.4) is 0 Å². The number of tetrazole rings is 2. The number of ether oxygens (including phenoxy) is 2. The Balaban J connectivity index is 0.000000188. The third-order valence-corrected chi connectivity index (χ3v) is 11.7. The van der Waals surface area contributed by atoms with Gasteiger partial charge in [-0.2, -0.15) is 9.36 Å². The Labute approximate surface area is 291 Å². The minimum atomic E-state index is -1.08. The van der Waals surface area contributed by atoms with Crippen LogP contribution >= 0.6 is 15.9 Å².